The molecule has 3 rings (SSSR count). The van der Waals surface area contributed by atoms with E-state index in [1.54, 1.807) is 0 Å². The third kappa shape index (κ3) is 2.89. The number of ether oxygens (including phenoxy) is 1. The molecule has 2 unspecified atom stereocenters. The summed E-state index contributed by atoms with van der Waals surface area (Å²) in [6.45, 7) is 11.3. The molecule has 3 aliphatic heterocycles. The number of nitrogens with zero attached hydrogens (tertiary/aromatic N) is 2. The molecule has 2 N–H and O–H groups in total. The quantitative estimate of drug-likeness (QED) is 0.843. The van der Waals surface area contributed by atoms with Crippen LogP contribution in [-0.4, -0.2) is 66.8 Å². The van der Waals surface area contributed by atoms with Crippen LogP contribution in [0.2, 0.25) is 0 Å². The lowest BCUT2D eigenvalue weighted by molar-refractivity contribution is -0.0908. The maximum atomic E-state index is 6.23. The van der Waals surface area contributed by atoms with Crippen molar-refractivity contribution >= 4 is 0 Å². The largest absolute Gasteiger partial charge is 0.372 e. The Hall–Kier alpha value is -0.160. The molecule has 0 aromatic carbocycles. The van der Waals surface area contributed by atoms with Crippen molar-refractivity contribution in [3.05, 3.63) is 0 Å². The standard InChI is InChI=1S/C16H31N3O/c1-13(2)9-18-7-5-16(12-17,6-8-18)19-10-14-3-4-15(11-19)20-14/h13-15H,3-12,17H2,1-2H3. The van der Waals surface area contributed by atoms with Crippen molar-refractivity contribution in [3.63, 3.8) is 0 Å². The van der Waals surface area contributed by atoms with E-state index < -0.39 is 0 Å². The minimum Gasteiger partial charge on any atom is -0.372 e. The van der Waals surface area contributed by atoms with Gasteiger partial charge in [0.25, 0.3) is 0 Å². The molecular formula is C16H31N3O. The Bertz CT molecular complexity index is 314. The van der Waals surface area contributed by atoms with Gasteiger partial charge in [0.1, 0.15) is 0 Å². The highest BCUT2D eigenvalue weighted by Crippen LogP contribution is 2.35. The minimum absolute atomic E-state index is 0.248. The molecule has 0 aliphatic carbocycles. The minimum atomic E-state index is 0.248. The molecule has 3 fully saturated rings. The van der Waals surface area contributed by atoms with Crippen molar-refractivity contribution in [1.82, 2.24) is 9.80 Å². The second kappa shape index (κ2) is 5.91. The topological polar surface area (TPSA) is 41.7 Å². The molecule has 20 heavy (non-hydrogen) atoms. The number of nitrogens with two attached hydrogens (primary N) is 1. The predicted molar refractivity (Wildman–Crippen MR) is 81.8 cm³/mol. The summed E-state index contributed by atoms with van der Waals surface area (Å²) in [5.41, 5.74) is 6.47. The highest BCUT2D eigenvalue weighted by atomic mass is 16.5. The Morgan fingerprint density at radius 1 is 1.15 bits per heavy atom. The smallest absolute Gasteiger partial charge is 0.0707 e. The zero-order valence-corrected chi connectivity index (χ0v) is 13.2. The van der Waals surface area contributed by atoms with Crippen LogP contribution in [0.15, 0.2) is 0 Å². The summed E-state index contributed by atoms with van der Waals surface area (Å²) in [6.07, 6.45) is 5.92. The molecule has 3 saturated heterocycles. The van der Waals surface area contributed by atoms with Gasteiger partial charge in [0.15, 0.2) is 0 Å². The average molecular weight is 281 g/mol. The summed E-state index contributed by atoms with van der Waals surface area (Å²) < 4.78 is 5.99. The van der Waals surface area contributed by atoms with Crippen molar-refractivity contribution in [1.29, 1.82) is 0 Å². The average Bonchev–Trinajstić information content (AvgIpc) is 2.78. The van der Waals surface area contributed by atoms with Gasteiger partial charge in [-0.25, -0.2) is 0 Å². The zero-order valence-electron chi connectivity index (χ0n) is 13.2. The number of hydrogen-bond acceptors (Lipinski definition) is 4. The van der Waals surface area contributed by atoms with Crippen molar-refractivity contribution in [2.45, 2.75) is 57.3 Å². The molecule has 3 aliphatic rings. The number of morpholine rings is 1. The van der Waals surface area contributed by atoms with Crippen molar-refractivity contribution < 1.29 is 4.74 Å². The van der Waals surface area contributed by atoms with Gasteiger partial charge in [-0.05, 0) is 44.7 Å². The number of rotatable bonds is 4. The van der Waals surface area contributed by atoms with Crippen LogP contribution in [-0.2, 0) is 4.74 Å². The number of hydrogen-bond donors (Lipinski definition) is 1. The van der Waals surface area contributed by atoms with Gasteiger partial charge in [-0.15, -0.1) is 0 Å². The highest BCUT2D eigenvalue weighted by molar-refractivity contribution is 5.00. The van der Waals surface area contributed by atoms with E-state index in [-0.39, 0.29) is 5.54 Å². The van der Waals surface area contributed by atoms with Gasteiger partial charge in [0.05, 0.1) is 12.2 Å². The van der Waals surface area contributed by atoms with Crippen molar-refractivity contribution in [2.75, 3.05) is 39.3 Å². The Labute approximate surface area is 123 Å². The molecule has 0 saturated carbocycles. The van der Waals surface area contributed by atoms with Gasteiger partial charge in [-0.1, -0.05) is 13.8 Å². The van der Waals surface area contributed by atoms with E-state index in [0.29, 0.717) is 12.2 Å². The Morgan fingerprint density at radius 2 is 1.75 bits per heavy atom. The molecule has 2 bridgehead atoms. The molecule has 0 amide bonds. The Balaban J connectivity index is 1.61. The summed E-state index contributed by atoms with van der Waals surface area (Å²) in [5.74, 6) is 0.764. The van der Waals surface area contributed by atoms with Gasteiger partial charge >= 0.3 is 0 Å². The first-order valence-corrected chi connectivity index (χ1v) is 8.44. The van der Waals surface area contributed by atoms with E-state index in [9.17, 15) is 0 Å². The normalized spacial score (nSPS) is 34.8. The monoisotopic (exact) mass is 281 g/mol. The summed E-state index contributed by atoms with van der Waals surface area (Å²) >= 11 is 0. The van der Waals surface area contributed by atoms with Gasteiger partial charge < -0.3 is 15.4 Å². The van der Waals surface area contributed by atoms with Crippen LogP contribution < -0.4 is 5.73 Å². The van der Waals surface area contributed by atoms with E-state index in [2.05, 4.69) is 23.6 Å². The van der Waals surface area contributed by atoms with Crippen LogP contribution in [0.3, 0.4) is 0 Å². The lowest BCUT2D eigenvalue weighted by Gasteiger charge is -2.51. The fourth-order valence-corrected chi connectivity index (χ4v) is 4.32. The van der Waals surface area contributed by atoms with E-state index in [0.717, 1.165) is 25.6 Å². The molecule has 0 spiro atoms. The molecule has 4 heteroatoms. The predicted octanol–water partition coefficient (Wildman–Crippen LogP) is 1.30. The van der Waals surface area contributed by atoms with Crippen LogP contribution >= 0.6 is 0 Å². The maximum absolute atomic E-state index is 6.23. The fourth-order valence-electron chi connectivity index (χ4n) is 4.32. The summed E-state index contributed by atoms with van der Waals surface area (Å²) in [5, 5.41) is 0. The fraction of sp³-hybridized carbons (Fsp3) is 1.00. The summed E-state index contributed by atoms with van der Waals surface area (Å²) in [6, 6.07) is 0. The molecule has 3 heterocycles. The van der Waals surface area contributed by atoms with Crippen LogP contribution in [0.25, 0.3) is 0 Å². The molecule has 0 radical (unpaired) electrons. The van der Waals surface area contributed by atoms with Gasteiger partial charge in [0.2, 0.25) is 0 Å². The van der Waals surface area contributed by atoms with Gasteiger partial charge in [-0.3, -0.25) is 4.90 Å². The maximum Gasteiger partial charge on any atom is 0.0707 e. The van der Waals surface area contributed by atoms with Crippen LogP contribution in [0.5, 0.6) is 0 Å². The first kappa shape index (κ1) is 14.8. The highest BCUT2D eigenvalue weighted by Gasteiger charge is 2.44. The summed E-state index contributed by atoms with van der Waals surface area (Å²) in [4.78, 5) is 5.30. The lowest BCUT2D eigenvalue weighted by Crippen LogP contribution is -2.63. The SMILES string of the molecule is CC(C)CN1CCC(CN)(N2CC3CCC(C2)O3)CC1. The molecule has 2 atom stereocenters. The molecular weight excluding hydrogens is 250 g/mol. The first-order chi connectivity index (χ1) is 9.61. The first-order valence-electron chi connectivity index (χ1n) is 8.44. The Kier molecular flexibility index (Phi) is 4.37. The van der Waals surface area contributed by atoms with Gasteiger partial charge in [0, 0.05) is 31.7 Å². The van der Waals surface area contributed by atoms with E-state index >= 15 is 0 Å². The molecule has 116 valence electrons. The molecule has 0 aromatic rings. The van der Waals surface area contributed by atoms with Crippen LogP contribution in [0, 0.1) is 5.92 Å². The number of piperidine rings is 1. The zero-order chi connectivity index (χ0) is 14.2. The van der Waals surface area contributed by atoms with E-state index in [1.165, 1.54) is 45.3 Å². The van der Waals surface area contributed by atoms with E-state index in [1.807, 2.05) is 0 Å². The third-order valence-electron chi connectivity index (χ3n) is 5.50. The lowest BCUT2D eigenvalue weighted by atomic mass is 9.84. The third-order valence-corrected chi connectivity index (χ3v) is 5.50. The number of likely N-dealkylation sites (tertiary alicyclic amines) is 2. The van der Waals surface area contributed by atoms with Crippen molar-refractivity contribution in [3.8, 4) is 0 Å². The summed E-state index contributed by atoms with van der Waals surface area (Å²) in [7, 11) is 0. The van der Waals surface area contributed by atoms with Crippen molar-refractivity contribution in [2.24, 2.45) is 11.7 Å². The number of fused-ring (bicyclic) bond motifs is 2. The van der Waals surface area contributed by atoms with Gasteiger partial charge in [-0.2, -0.15) is 0 Å². The Morgan fingerprint density at radius 3 is 2.25 bits per heavy atom. The second-order valence-corrected chi connectivity index (χ2v) is 7.49. The van der Waals surface area contributed by atoms with Crippen LogP contribution in [0.1, 0.15) is 39.5 Å². The molecule has 0 aromatic heterocycles. The van der Waals surface area contributed by atoms with Crippen LogP contribution in [0.4, 0.5) is 0 Å². The molecule has 4 nitrogen and oxygen atoms in total. The second-order valence-electron chi connectivity index (χ2n) is 7.49. The van der Waals surface area contributed by atoms with E-state index in [4.69, 9.17) is 10.5 Å².